The van der Waals surface area contributed by atoms with Crippen molar-refractivity contribution in [3.63, 3.8) is 0 Å². The Morgan fingerprint density at radius 3 is 1.97 bits per heavy atom. The van der Waals surface area contributed by atoms with Crippen molar-refractivity contribution in [3.8, 4) is 16.8 Å². The molecule has 1 aliphatic heterocycles. The summed E-state index contributed by atoms with van der Waals surface area (Å²) in [5, 5.41) is 11.8. The number of aromatic nitrogens is 1. The molecule has 0 N–H and O–H groups in total. The average Bonchev–Trinajstić information content (AvgIpc) is 3.90. The first-order valence-electron chi connectivity index (χ1n) is 22.4. The number of hydrogen-bond acceptors (Lipinski definition) is 3. The Morgan fingerprint density at radius 2 is 1.12 bits per heavy atom. The Balaban J connectivity index is 1.08. The average molecular weight is 832 g/mol. The second-order valence-electron chi connectivity index (χ2n) is 17.4. The van der Waals surface area contributed by atoms with Crippen molar-refractivity contribution in [3.05, 3.63) is 229 Å². The molecule has 4 nitrogen and oxygen atoms in total. The molecular formula is C61H41N3O. The number of fused-ring (bicyclic) bond motifs is 10. The van der Waals surface area contributed by atoms with Crippen LogP contribution in [0.25, 0.3) is 98.6 Å². The molecule has 4 heteroatoms. The van der Waals surface area contributed by atoms with Crippen LogP contribution < -0.4 is 0 Å². The topological polar surface area (TPSA) is 42.8 Å². The molecule has 10 aromatic carbocycles. The lowest BCUT2D eigenvalue weighted by Crippen LogP contribution is -2.18. The van der Waals surface area contributed by atoms with Gasteiger partial charge in [-0.2, -0.15) is 0 Å². The van der Waals surface area contributed by atoms with E-state index in [1.165, 1.54) is 43.3 Å². The number of hydrogen-bond donors (Lipinski definition) is 0. The van der Waals surface area contributed by atoms with E-state index in [0.717, 1.165) is 84.1 Å². The van der Waals surface area contributed by atoms with Gasteiger partial charge in [-0.1, -0.05) is 171 Å². The van der Waals surface area contributed by atoms with E-state index in [1.807, 2.05) is 6.07 Å². The molecule has 1 unspecified atom stereocenters. The van der Waals surface area contributed by atoms with E-state index >= 15 is 0 Å². The molecule has 0 radical (unpaired) electrons. The Hall–Kier alpha value is -8.34. The number of furan rings is 1. The van der Waals surface area contributed by atoms with Gasteiger partial charge in [-0.3, -0.25) is 0 Å². The predicted molar refractivity (Wildman–Crippen MR) is 274 cm³/mol. The van der Waals surface area contributed by atoms with Gasteiger partial charge in [-0.15, -0.1) is 0 Å². The monoisotopic (exact) mass is 831 g/mol. The highest BCUT2D eigenvalue weighted by molar-refractivity contribution is 6.26. The standard InChI is InChI=1S/C61H41N3O/c1-38-26-30-53(46-22-13-21-43(32-46)39-14-3-2-4-15-39)62-61(47-28-27-40-16-5-6-18-42(40)33-47)63-60(38)52-36-48(37-57-59(52)50-24-11-12-25-56(50)65-57)64-54-31-29-41-17-9-10-23-49(41)58(54)51-34-44-19-7-8-20-45(44)35-55(51)64/h2-25,27-38H,26H2,1H3/b53-30+,62-61?,63-60?. The number of aliphatic imine (C=N–C) groups is 2. The van der Waals surface area contributed by atoms with Crippen LogP contribution >= 0.6 is 0 Å². The Labute approximate surface area is 375 Å². The fraction of sp³-hybridized carbons (Fsp3) is 0.0492. The summed E-state index contributed by atoms with van der Waals surface area (Å²) >= 11 is 0. The van der Waals surface area contributed by atoms with Gasteiger partial charge in [0, 0.05) is 50.2 Å². The largest absolute Gasteiger partial charge is 0.456 e. The van der Waals surface area contributed by atoms with E-state index in [9.17, 15) is 0 Å². The van der Waals surface area contributed by atoms with Crippen LogP contribution in [0.1, 0.15) is 30.0 Å². The SMILES string of the molecule is CC1C/C=C(\c2cccc(-c3ccccc3)c2)N=C(c2ccc3ccccc3c2)N=C1c1cc(-n2c3cc4ccccc4cc3c3c4ccccc4ccc32)cc2oc3ccccc3c12. The van der Waals surface area contributed by atoms with E-state index in [4.69, 9.17) is 14.4 Å². The zero-order valence-corrected chi connectivity index (χ0v) is 35.7. The molecule has 0 spiro atoms. The first-order valence-corrected chi connectivity index (χ1v) is 22.4. The van der Waals surface area contributed by atoms with Crippen molar-refractivity contribution in [1.82, 2.24) is 4.57 Å². The third-order valence-electron chi connectivity index (χ3n) is 13.4. The lowest BCUT2D eigenvalue weighted by atomic mass is 9.90. The number of allylic oxidation sites excluding steroid dienone is 1. The Bertz CT molecular complexity index is 4000. The quantitative estimate of drug-likeness (QED) is 0.170. The third-order valence-corrected chi connectivity index (χ3v) is 13.4. The summed E-state index contributed by atoms with van der Waals surface area (Å²) in [5.41, 5.74) is 12.3. The molecule has 2 aromatic heterocycles. The lowest BCUT2D eigenvalue weighted by molar-refractivity contribution is 0.668. The number of amidine groups is 1. The fourth-order valence-corrected chi connectivity index (χ4v) is 10.2. The van der Waals surface area contributed by atoms with E-state index < -0.39 is 0 Å². The number of benzene rings is 10. The minimum absolute atomic E-state index is 0.0198. The zero-order valence-electron chi connectivity index (χ0n) is 35.7. The van der Waals surface area contributed by atoms with Gasteiger partial charge in [-0.25, -0.2) is 9.98 Å². The van der Waals surface area contributed by atoms with Gasteiger partial charge >= 0.3 is 0 Å². The minimum atomic E-state index is 0.0198. The van der Waals surface area contributed by atoms with Crippen molar-refractivity contribution in [2.24, 2.45) is 15.9 Å². The summed E-state index contributed by atoms with van der Waals surface area (Å²) in [4.78, 5) is 11.3. The van der Waals surface area contributed by atoms with Crippen LogP contribution in [0.5, 0.6) is 0 Å². The van der Waals surface area contributed by atoms with Crippen molar-refractivity contribution in [2.75, 3.05) is 0 Å². The molecule has 1 aliphatic rings. The summed E-state index contributed by atoms with van der Waals surface area (Å²) in [7, 11) is 0. The fourth-order valence-electron chi connectivity index (χ4n) is 10.2. The highest BCUT2D eigenvalue weighted by Gasteiger charge is 2.25. The maximum atomic E-state index is 6.85. The summed E-state index contributed by atoms with van der Waals surface area (Å²) in [6, 6.07) is 74.0. The highest BCUT2D eigenvalue weighted by Crippen LogP contribution is 2.42. The number of para-hydroxylation sites is 1. The van der Waals surface area contributed by atoms with Crippen molar-refractivity contribution in [2.45, 2.75) is 13.3 Å². The Morgan fingerprint density at radius 1 is 0.446 bits per heavy atom. The first-order chi connectivity index (χ1) is 32.1. The second-order valence-corrected chi connectivity index (χ2v) is 17.4. The smallest absolute Gasteiger partial charge is 0.160 e. The summed E-state index contributed by atoms with van der Waals surface area (Å²) in [6.45, 7) is 2.30. The van der Waals surface area contributed by atoms with Gasteiger partial charge in [0.05, 0.1) is 28.1 Å². The van der Waals surface area contributed by atoms with Crippen molar-refractivity contribution < 1.29 is 4.42 Å². The minimum Gasteiger partial charge on any atom is -0.456 e. The normalized spacial score (nSPS) is 15.4. The predicted octanol–water partition coefficient (Wildman–Crippen LogP) is 16.1. The van der Waals surface area contributed by atoms with Crippen molar-refractivity contribution >= 4 is 93.3 Å². The molecule has 0 amide bonds. The van der Waals surface area contributed by atoms with E-state index in [1.54, 1.807) is 0 Å². The maximum absolute atomic E-state index is 6.85. The van der Waals surface area contributed by atoms with Crippen LogP contribution in [-0.4, -0.2) is 16.1 Å². The summed E-state index contributed by atoms with van der Waals surface area (Å²) in [6.07, 6.45) is 3.05. The lowest BCUT2D eigenvalue weighted by Gasteiger charge is -2.20. The van der Waals surface area contributed by atoms with Crippen LogP contribution in [-0.2, 0) is 0 Å². The van der Waals surface area contributed by atoms with E-state index in [0.29, 0.717) is 5.84 Å². The Kier molecular flexibility index (Phi) is 8.53. The van der Waals surface area contributed by atoms with Crippen LogP contribution in [0, 0.1) is 5.92 Å². The van der Waals surface area contributed by atoms with Crippen LogP contribution in [0.4, 0.5) is 0 Å². The zero-order chi connectivity index (χ0) is 43.0. The summed E-state index contributed by atoms with van der Waals surface area (Å²) < 4.78 is 9.28. The molecule has 0 fully saturated rings. The molecule has 65 heavy (non-hydrogen) atoms. The maximum Gasteiger partial charge on any atom is 0.160 e. The third kappa shape index (κ3) is 6.21. The number of nitrogens with zero attached hydrogens (tertiary/aromatic N) is 3. The molecule has 0 aliphatic carbocycles. The molecule has 0 bridgehead atoms. The van der Waals surface area contributed by atoms with Gasteiger partial charge in [-0.05, 0) is 92.3 Å². The molecular weight excluding hydrogens is 791 g/mol. The molecule has 0 saturated heterocycles. The van der Waals surface area contributed by atoms with Gasteiger partial charge in [0.2, 0.25) is 0 Å². The molecule has 0 saturated carbocycles. The van der Waals surface area contributed by atoms with Crippen molar-refractivity contribution in [1.29, 1.82) is 0 Å². The molecule has 1 atom stereocenters. The van der Waals surface area contributed by atoms with Crippen LogP contribution in [0.15, 0.2) is 227 Å². The molecule has 3 heterocycles. The van der Waals surface area contributed by atoms with E-state index in [2.05, 4.69) is 218 Å². The highest BCUT2D eigenvalue weighted by atomic mass is 16.3. The van der Waals surface area contributed by atoms with Gasteiger partial charge in [0.25, 0.3) is 0 Å². The molecule has 306 valence electrons. The molecule has 13 rings (SSSR count). The van der Waals surface area contributed by atoms with Crippen LogP contribution in [0.3, 0.4) is 0 Å². The van der Waals surface area contributed by atoms with Gasteiger partial charge < -0.3 is 8.98 Å². The second kappa shape index (κ2) is 14.9. The van der Waals surface area contributed by atoms with Gasteiger partial charge in [0.15, 0.2) is 5.84 Å². The van der Waals surface area contributed by atoms with Crippen LogP contribution in [0.2, 0.25) is 0 Å². The van der Waals surface area contributed by atoms with E-state index in [-0.39, 0.29) is 5.92 Å². The summed E-state index contributed by atoms with van der Waals surface area (Å²) in [5.74, 6) is 0.696. The first kappa shape index (κ1) is 37.2. The molecule has 12 aromatic rings. The van der Waals surface area contributed by atoms with Gasteiger partial charge in [0.1, 0.15) is 11.2 Å². The number of rotatable bonds is 5.